The van der Waals surface area contributed by atoms with Gasteiger partial charge in [-0.05, 0) is 46.0 Å². The zero-order valence-corrected chi connectivity index (χ0v) is 24.9. The lowest BCUT2D eigenvalue weighted by Gasteiger charge is -2.27. The van der Waals surface area contributed by atoms with Gasteiger partial charge in [0.1, 0.15) is 0 Å². The van der Waals surface area contributed by atoms with Crippen molar-refractivity contribution in [2.75, 3.05) is 20.6 Å². The lowest BCUT2D eigenvalue weighted by molar-refractivity contribution is -0.136. The van der Waals surface area contributed by atoms with E-state index in [9.17, 15) is 9.59 Å². The van der Waals surface area contributed by atoms with Crippen LogP contribution in [0.15, 0.2) is 0 Å². The molecule has 0 rings (SSSR count). The summed E-state index contributed by atoms with van der Waals surface area (Å²) in [6.07, 6.45) is 21.1. The number of unbranched alkanes of at least 4 members (excludes halogenated alkanes) is 10. The molecule has 2 amide bonds. The second kappa shape index (κ2) is 22.2. The molecule has 0 radical (unpaired) electrons. The van der Waals surface area contributed by atoms with Gasteiger partial charge in [-0.15, -0.1) is 0 Å². The molecule has 0 saturated carbocycles. The Morgan fingerprint density at radius 1 is 0.543 bits per heavy atom. The summed E-state index contributed by atoms with van der Waals surface area (Å²) in [5.41, 5.74) is 0. The molecule has 0 heterocycles. The molecule has 0 aliphatic heterocycles. The molecular formula is C31H62N2O2. The maximum Gasteiger partial charge on any atom is 0.225 e. The molecule has 0 aliphatic rings. The van der Waals surface area contributed by atoms with Crippen molar-refractivity contribution >= 4 is 11.8 Å². The first kappa shape index (κ1) is 33.9. The van der Waals surface area contributed by atoms with E-state index in [0.717, 1.165) is 57.9 Å². The summed E-state index contributed by atoms with van der Waals surface area (Å²) in [5, 5.41) is 0. The number of hydrogen-bond acceptors (Lipinski definition) is 2. The average Bonchev–Trinajstić information content (AvgIpc) is 2.85. The predicted octanol–water partition coefficient (Wildman–Crippen LogP) is 8.63. The summed E-state index contributed by atoms with van der Waals surface area (Å²) in [5.74, 6) is 1.16. The fourth-order valence-corrected chi connectivity index (χ4v) is 4.90. The monoisotopic (exact) mass is 494 g/mol. The van der Waals surface area contributed by atoms with Crippen molar-refractivity contribution in [1.29, 1.82) is 0 Å². The molecule has 0 spiro atoms. The third-order valence-corrected chi connectivity index (χ3v) is 7.71. The lowest BCUT2D eigenvalue weighted by Crippen LogP contribution is -2.37. The molecule has 2 atom stereocenters. The SMILES string of the molecule is CCCCCC(CCCCCCCCCC(CCCC)C(=O)N(C)C(C)C)C(=O)N(C)CCCC. The van der Waals surface area contributed by atoms with Crippen molar-refractivity contribution < 1.29 is 9.59 Å². The molecule has 0 aromatic carbocycles. The van der Waals surface area contributed by atoms with Gasteiger partial charge in [0.2, 0.25) is 11.8 Å². The van der Waals surface area contributed by atoms with Gasteiger partial charge in [-0.2, -0.15) is 0 Å². The smallest absolute Gasteiger partial charge is 0.225 e. The van der Waals surface area contributed by atoms with Gasteiger partial charge in [0.25, 0.3) is 0 Å². The van der Waals surface area contributed by atoms with E-state index in [1.807, 2.05) is 23.9 Å². The summed E-state index contributed by atoms with van der Waals surface area (Å²) in [7, 11) is 3.95. The number of carbonyl (C=O) groups is 2. The number of amides is 2. The Labute approximate surface area is 220 Å². The Kier molecular flexibility index (Phi) is 21.5. The van der Waals surface area contributed by atoms with Crippen molar-refractivity contribution in [2.45, 2.75) is 156 Å². The molecule has 0 aromatic rings. The first-order valence-electron chi connectivity index (χ1n) is 15.3. The van der Waals surface area contributed by atoms with Gasteiger partial charge < -0.3 is 9.80 Å². The van der Waals surface area contributed by atoms with Crippen molar-refractivity contribution in [3.8, 4) is 0 Å². The largest absolute Gasteiger partial charge is 0.346 e. The summed E-state index contributed by atoms with van der Waals surface area (Å²) < 4.78 is 0. The topological polar surface area (TPSA) is 40.6 Å². The predicted molar refractivity (Wildman–Crippen MR) is 153 cm³/mol. The van der Waals surface area contributed by atoms with Gasteiger partial charge in [-0.3, -0.25) is 9.59 Å². The third kappa shape index (κ3) is 16.3. The first-order chi connectivity index (χ1) is 16.8. The third-order valence-electron chi connectivity index (χ3n) is 7.71. The first-order valence-corrected chi connectivity index (χ1v) is 15.3. The van der Waals surface area contributed by atoms with Gasteiger partial charge in [0, 0.05) is 38.5 Å². The molecule has 0 N–H and O–H groups in total. The van der Waals surface area contributed by atoms with E-state index >= 15 is 0 Å². The zero-order valence-electron chi connectivity index (χ0n) is 24.9. The van der Waals surface area contributed by atoms with Crippen LogP contribution < -0.4 is 0 Å². The van der Waals surface area contributed by atoms with Crippen LogP contribution in [0.3, 0.4) is 0 Å². The minimum Gasteiger partial charge on any atom is -0.346 e. The van der Waals surface area contributed by atoms with Crippen molar-refractivity contribution in [1.82, 2.24) is 9.80 Å². The fourth-order valence-electron chi connectivity index (χ4n) is 4.90. The Balaban J connectivity index is 4.22. The number of carbonyl (C=O) groups excluding carboxylic acids is 2. The number of rotatable bonds is 23. The Morgan fingerprint density at radius 3 is 1.40 bits per heavy atom. The minimum atomic E-state index is 0.208. The van der Waals surface area contributed by atoms with Gasteiger partial charge in [0.15, 0.2) is 0 Å². The highest BCUT2D eigenvalue weighted by molar-refractivity contribution is 5.79. The molecule has 208 valence electrons. The van der Waals surface area contributed by atoms with Crippen LogP contribution >= 0.6 is 0 Å². The normalized spacial score (nSPS) is 13.1. The fraction of sp³-hybridized carbons (Fsp3) is 0.935. The van der Waals surface area contributed by atoms with Crippen LogP contribution in [0, 0.1) is 11.8 Å². The molecular weight excluding hydrogens is 432 g/mol. The van der Waals surface area contributed by atoms with Gasteiger partial charge in [-0.25, -0.2) is 0 Å². The Bertz CT molecular complexity index is 520. The van der Waals surface area contributed by atoms with Crippen molar-refractivity contribution in [3.05, 3.63) is 0 Å². The van der Waals surface area contributed by atoms with E-state index in [1.165, 1.54) is 64.2 Å². The highest BCUT2D eigenvalue weighted by atomic mass is 16.2. The molecule has 0 fully saturated rings. The second-order valence-corrected chi connectivity index (χ2v) is 11.2. The lowest BCUT2D eigenvalue weighted by atomic mass is 9.92. The summed E-state index contributed by atoms with van der Waals surface area (Å²) in [6.45, 7) is 11.7. The van der Waals surface area contributed by atoms with Crippen LogP contribution in [0.5, 0.6) is 0 Å². The minimum absolute atomic E-state index is 0.208. The van der Waals surface area contributed by atoms with Crippen LogP contribution in [-0.2, 0) is 9.59 Å². The maximum atomic E-state index is 12.9. The molecule has 0 bridgehead atoms. The van der Waals surface area contributed by atoms with Crippen molar-refractivity contribution in [2.24, 2.45) is 11.8 Å². The van der Waals surface area contributed by atoms with E-state index in [-0.39, 0.29) is 17.9 Å². The van der Waals surface area contributed by atoms with Gasteiger partial charge in [-0.1, -0.05) is 104 Å². The second-order valence-electron chi connectivity index (χ2n) is 11.2. The van der Waals surface area contributed by atoms with E-state index in [4.69, 9.17) is 0 Å². The van der Waals surface area contributed by atoms with Gasteiger partial charge in [0.05, 0.1) is 0 Å². The standard InChI is InChI=1S/C31H62N2O2/c1-8-11-19-23-28(30(34)32(6)26-13-10-3)24-20-17-15-14-16-18-21-25-29(22-12-9-2)31(35)33(7)27(4)5/h27-29H,8-26H2,1-7H3. The molecule has 35 heavy (non-hydrogen) atoms. The average molecular weight is 495 g/mol. The van der Waals surface area contributed by atoms with E-state index in [0.29, 0.717) is 11.8 Å². The highest BCUT2D eigenvalue weighted by Crippen LogP contribution is 2.23. The quantitative estimate of drug-likeness (QED) is 0.133. The Morgan fingerprint density at radius 2 is 0.943 bits per heavy atom. The van der Waals surface area contributed by atoms with E-state index < -0.39 is 0 Å². The Hall–Kier alpha value is -1.06. The van der Waals surface area contributed by atoms with E-state index in [1.54, 1.807) is 0 Å². The van der Waals surface area contributed by atoms with Crippen LogP contribution in [0.1, 0.15) is 150 Å². The molecule has 2 unspecified atom stereocenters. The molecule has 0 aliphatic carbocycles. The van der Waals surface area contributed by atoms with Crippen LogP contribution in [0.4, 0.5) is 0 Å². The molecule has 0 aromatic heterocycles. The maximum absolute atomic E-state index is 12.9. The van der Waals surface area contributed by atoms with Crippen molar-refractivity contribution in [3.63, 3.8) is 0 Å². The number of hydrogen-bond donors (Lipinski definition) is 0. The van der Waals surface area contributed by atoms with Crippen LogP contribution in [0.2, 0.25) is 0 Å². The molecule has 0 saturated heterocycles. The van der Waals surface area contributed by atoms with E-state index in [2.05, 4.69) is 34.6 Å². The number of nitrogens with zero attached hydrogens (tertiary/aromatic N) is 2. The molecule has 4 heteroatoms. The zero-order chi connectivity index (χ0) is 26.5. The van der Waals surface area contributed by atoms with Gasteiger partial charge >= 0.3 is 0 Å². The summed E-state index contributed by atoms with van der Waals surface area (Å²) in [4.78, 5) is 29.7. The summed E-state index contributed by atoms with van der Waals surface area (Å²) >= 11 is 0. The molecule has 4 nitrogen and oxygen atoms in total. The van der Waals surface area contributed by atoms with Crippen LogP contribution in [0.25, 0.3) is 0 Å². The van der Waals surface area contributed by atoms with Crippen LogP contribution in [-0.4, -0.2) is 48.3 Å². The summed E-state index contributed by atoms with van der Waals surface area (Å²) in [6, 6.07) is 0.282. The highest BCUT2D eigenvalue weighted by Gasteiger charge is 2.23.